The molecule has 2 atom stereocenters. The Hall–Kier alpha value is -1.20. The quantitative estimate of drug-likeness (QED) is 0.768. The third-order valence-corrected chi connectivity index (χ3v) is 5.57. The van der Waals surface area contributed by atoms with Crippen molar-refractivity contribution < 1.29 is 4.74 Å². The van der Waals surface area contributed by atoms with Crippen LogP contribution < -0.4 is 5.32 Å². The molecule has 0 bridgehead atoms. The van der Waals surface area contributed by atoms with Crippen molar-refractivity contribution in [1.82, 2.24) is 14.9 Å². The van der Waals surface area contributed by atoms with Crippen LogP contribution in [0.2, 0.25) is 0 Å². The minimum absolute atomic E-state index is 0.517. The number of hydrogen-bond acceptors (Lipinski definition) is 5. The Bertz CT molecular complexity index is 563. The molecule has 0 radical (unpaired) electrons. The van der Waals surface area contributed by atoms with E-state index in [1.54, 1.807) is 0 Å². The molecular weight excluding hydrogens is 312 g/mol. The van der Waals surface area contributed by atoms with E-state index in [9.17, 15) is 0 Å². The summed E-state index contributed by atoms with van der Waals surface area (Å²) in [7, 11) is 0. The van der Waals surface area contributed by atoms with Gasteiger partial charge in [0.2, 0.25) is 0 Å². The van der Waals surface area contributed by atoms with Crippen molar-refractivity contribution in [2.75, 3.05) is 38.2 Å². The van der Waals surface area contributed by atoms with Crippen LogP contribution in [0.1, 0.15) is 56.6 Å². The summed E-state index contributed by atoms with van der Waals surface area (Å²) < 4.78 is 5.46. The zero-order valence-electron chi connectivity index (χ0n) is 16.2. The first-order valence-electron chi connectivity index (χ1n) is 10.1. The molecule has 0 amide bonds. The number of hydrogen-bond donors (Lipinski definition) is 1. The van der Waals surface area contributed by atoms with Crippen LogP contribution in [0.3, 0.4) is 0 Å². The first kappa shape index (κ1) is 18.6. The summed E-state index contributed by atoms with van der Waals surface area (Å²) in [4.78, 5) is 12.0. The number of piperidine rings is 1. The second kappa shape index (κ2) is 8.95. The Morgan fingerprint density at radius 1 is 1.24 bits per heavy atom. The van der Waals surface area contributed by atoms with Gasteiger partial charge in [-0.2, -0.15) is 0 Å². The summed E-state index contributed by atoms with van der Waals surface area (Å²) in [6.45, 7) is 11.6. The summed E-state index contributed by atoms with van der Waals surface area (Å²) in [6.07, 6.45) is 7.09. The van der Waals surface area contributed by atoms with Gasteiger partial charge >= 0.3 is 0 Å². The van der Waals surface area contributed by atoms with Crippen LogP contribution >= 0.6 is 0 Å². The van der Waals surface area contributed by atoms with Crippen molar-refractivity contribution >= 4 is 5.82 Å². The van der Waals surface area contributed by atoms with Crippen molar-refractivity contribution in [3.63, 3.8) is 0 Å². The molecule has 140 valence electrons. The molecule has 2 unspecified atom stereocenters. The Kier molecular flexibility index (Phi) is 6.65. The van der Waals surface area contributed by atoms with Crippen LogP contribution in [0, 0.1) is 12.8 Å². The van der Waals surface area contributed by atoms with Crippen molar-refractivity contribution in [2.24, 2.45) is 5.92 Å². The molecule has 25 heavy (non-hydrogen) atoms. The van der Waals surface area contributed by atoms with E-state index < -0.39 is 0 Å². The minimum Gasteiger partial charge on any atom is -0.382 e. The zero-order valence-corrected chi connectivity index (χ0v) is 16.2. The predicted octanol–water partition coefficient (Wildman–Crippen LogP) is 3.21. The van der Waals surface area contributed by atoms with Gasteiger partial charge in [0.05, 0.1) is 0 Å². The lowest BCUT2D eigenvalue weighted by atomic mass is 9.92. The van der Waals surface area contributed by atoms with E-state index in [2.05, 4.69) is 29.0 Å². The highest BCUT2D eigenvalue weighted by Gasteiger charge is 2.27. The molecule has 1 N–H and O–H groups in total. The molecule has 1 fully saturated rings. The van der Waals surface area contributed by atoms with Gasteiger partial charge < -0.3 is 15.0 Å². The summed E-state index contributed by atoms with van der Waals surface area (Å²) in [6, 6.07) is 0.517. The molecule has 1 saturated heterocycles. The first-order chi connectivity index (χ1) is 12.2. The van der Waals surface area contributed by atoms with Crippen LogP contribution in [0.15, 0.2) is 0 Å². The van der Waals surface area contributed by atoms with Gasteiger partial charge in [0.15, 0.2) is 0 Å². The molecule has 1 aliphatic carbocycles. The number of aryl methyl sites for hydroxylation is 2. The van der Waals surface area contributed by atoms with Crippen LogP contribution in [0.5, 0.6) is 0 Å². The van der Waals surface area contributed by atoms with E-state index in [0.717, 1.165) is 57.2 Å². The SMILES string of the molecule is CCOCCCN1CCC(Nc2nc(C)nc3c2CCCC3)C(C)C1. The predicted molar refractivity (Wildman–Crippen MR) is 102 cm³/mol. The van der Waals surface area contributed by atoms with Crippen LogP contribution in [-0.4, -0.2) is 53.8 Å². The van der Waals surface area contributed by atoms with E-state index in [4.69, 9.17) is 9.72 Å². The molecule has 0 aromatic carbocycles. The molecule has 5 heteroatoms. The van der Waals surface area contributed by atoms with Crippen molar-refractivity contribution in [3.8, 4) is 0 Å². The maximum Gasteiger partial charge on any atom is 0.133 e. The monoisotopic (exact) mass is 346 g/mol. The highest BCUT2D eigenvalue weighted by atomic mass is 16.5. The molecule has 1 aromatic heterocycles. The molecular formula is C20H34N4O. The lowest BCUT2D eigenvalue weighted by molar-refractivity contribution is 0.117. The second-order valence-corrected chi connectivity index (χ2v) is 7.62. The first-order valence-corrected chi connectivity index (χ1v) is 10.1. The van der Waals surface area contributed by atoms with Gasteiger partial charge in [-0.3, -0.25) is 0 Å². The summed E-state index contributed by atoms with van der Waals surface area (Å²) in [5.74, 6) is 2.66. The van der Waals surface area contributed by atoms with Gasteiger partial charge in [0, 0.05) is 50.1 Å². The molecule has 0 saturated carbocycles. The van der Waals surface area contributed by atoms with Crippen LogP contribution in [0.25, 0.3) is 0 Å². The Balaban J connectivity index is 1.57. The molecule has 3 rings (SSSR count). The lowest BCUT2D eigenvalue weighted by Crippen LogP contribution is -2.45. The van der Waals surface area contributed by atoms with E-state index >= 15 is 0 Å². The number of rotatable bonds is 7. The van der Waals surface area contributed by atoms with Crippen LogP contribution in [-0.2, 0) is 17.6 Å². The van der Waals surface area contributed by atoms with Gasteiger partial charge in [0.1, 0.15) is 11.6 Å². The normalized spacial score (nSPS) is 24.1. The summed E-state index contributed by atoms with van der Waals surface area (Å²) in [5, 5.41) is 3.79. The minimum atomic E-state index is 0.517. The molecule has 5 nitrogen and oxygen atoms in total. The number of aromatic nitrogens is 2. The lowest BCUT2D eigenvalue weighted by Gasteiger charge is -2.38. The fourth-order valence-corrected chi connectivity index (χ4v) is 4.20. The average molecular weight is 347 g/mol. The Morgan fingerprint density at radius 3 is 2.88 bits per heavy atom. The van der Waals surface area contributed by atoms with Gasteiger partial charge in [-0.15, -0.1) is 0 Å². The van der Waals surface area contributed by atoms with Crippen molar-refractivity contribution in [3.05, 3.63) is 17.1 Å². The summed E-state index contributed by atoms with van der Waals surface area (Å²) in [5.41, 5.74) is 2.66. The highest BCUT2D eigenvalue weighted by molar-refractivity contribution is 5.48. The fourth-order valence-electron chi connectivity index (χ4n) is 4.20. The van der Waals surface area contributed by atoms with Crippen LogP contribution in [0.4, 0.5) is 5.82 Å². The Morgan fingerprint density at radius 2 is 2.08 bits per heavy atom. The molecule has 0 spiro atoms. The number of nitrogens with one attached hydrogen (secondary N) is 1. The van der Waals surface area contributed by atoms with Gasteiger partial charge in [0.25, 0.3) is 0 Å². The van der Waals surface area contributed by atoms with Gasteiger partial charge in [-0.1, -0.05) is 6.92 Å². The largest absolute Gasteiger partial charge is 0.382 e. The number of ether oxygens (including phenoxy) is 1. The van der Waals surface area contributed by atoms with Crippen molar-refractivity contribution in [2.45, 2.75) is 65.3 Å². The van der Waals surface area contributed by atoms with E-state index in [0.29, 0.717) is 12.0 Å². The van der Waals surface area contributed by atoms with E-state index in [-0.39, 0.29) is 0 Å². The molecule has 2 aliphatic rings. The number of likely N-dealkylation sites (tertiary alicyclic amines) is 1. The molecule has 1 aromatic rings. The topological polar surface area (TPSA) is 50.3 Å². The molecule has 2 heterocycles. The highest BCUT2D eigenvalue weighted by Crippen LogP contribution is 2.28. The maximum atomic E-state index is 5.46. The fraction of sp³-hybridized carbons (Fsp3) is 0.800. The van der Waals surface area contributed by atoms with E-state index in [1.807, 2.05) is 6.92 Å². The number of fused-ring (bicyclic) bond motifs is 1. The molecule has 1 aliphatic heterocycles. The smallest absolute Gasteiger partial charge is 0.133 e. The van der Waals surface area contributed by atoms with Gasteiger partial charge in [-0.05, 0) is 58.3 Å². The maximum absolute atomic E-state index is 5.46. The third kappa shape index (κ3) is 4.91. The standard InChI is InChI=1S/C20H34N4O/c1-4-25-13-7-11-24-12-10-18(15(2)14-24)23-20-17-8-5-6-9-19(17)21-16(3)22-20/h15,18H,4-14H2,1-3H3,(H,21,22,23). The van der Waals surface area contributed by atoms with E-state index in [1.165, 1.54) is 37.1 Å². The van der Waals surface area contributed by atoms with Gasteiger partial charge in [-0.25, -0.2) is 9.97 Å². The second-order valence-electron chi connectivity index (χ2n) is 7.62. The zero-order chi connectivity index (χ0) is 17.6. The Labute approximate surface area is 152 Å². The number of anilines is 1. The third-order valence-electron chi connectivity index (χ3n) is 5.57. The summed E-state index contributed by atoms with van der Waals surface area (Å²) >= 11 is 0. The number of nitrogens with zero attached hydrogens (tertiary/aromatic N) is 3. The van der Waals surface area contributed by atoms with Crippen molar-refractivity contribution in [1.29, 1.82) is 0 Å². The average Bonchev–Trinajstić information content (AvgIpc) is 2.61.